The van der Waals surface area contributed by atoms with Crippen LogP contribution in [-0.4, -0.2) is 22.3 Å². The molecule has 2 atom stereocenters. The second-order valence-corrected chi connectivity index (χ2v) is 6.69. The minimum atomic E-state index is -0.328. The van der Waals surface area contributed by atoms with Crippen LogP contribution < -0.4 is 5.56 Å². The zero-order valence-corrected chi connectivity index (χ0v) is 14.5. The molecule has 0 spiro atoms. The lowest BCUT2D eigenvalue weighted by molar-refractivity contribution is 0.0517. The summed E-state index contributed by atoms with van der Waals surface area (Å²) in [6, 6.07) is 7.20. The number of rotatable bonds is 3. The maximum Gasteiger partial charge on any atom is 0.260 e. The van der Waals surface area contributed by atoms with E-state index >= 15 is 0 Å². The summed E-state index contributed by atoms with van der Waals surface area (Å²) in [5.41, 5.74) is 0.618. The first-order chi connectivity index (χ1) is 11.5. The number of amides is 1. The van der Waals surface area contributed by atoms with Crippen LogP contribution in [0.2, 0.25) is 0 Å². The van der Waals surface area contributed by atoms with E-state index in [4.69, 9.17) is 4.42 Å². The number of likely N-dealkylation sites (tertiary alicyclic amines) is 1. The molecule has 1 aliphatic heterocycles. The Morgan fingerprint density at radius 2 is 2.12 bits per heavy atom. The molecule has 0 aliphatic carbocycles. The Bertz CT molecular complexity index is 790. The van der Waals surface area contributed by atoms with Crippen LogP contribution in [-0.2, 0) is 6.42 Å². The number of piperidine rings is 1. The Kier molecular flexibility index (Phi) is 4.60. The van der Waals surface area contributed by atoms with Gasteiger partial charge in [-0.3, -0.25) is 9.59 Å². The number of pyridine rings is 1. The van der Waals surface area contributed by atoms with Gasteiger partial charge < -0.3 is 14.3 Å². The second-order valence-electron chi connectivity index (χ2n) is 6.69. The summed E-state index contributed by atoms with van der Waals surface area (Å²) in [5.74, 6) is 2.03. The van der Waals surface area contributed by atoms with E-state index in [2.05, 4.69) is 11.9 Å². The van der Waals surface area contributed by atoms with Crippen LogP contribution in [0.15, 0.2) is 33.5 Å². The van der Waals surface area contributed by atoms with Crippen molar-refractivity contribution in [2.45, 2.75) is 46.1 Å². The van der Waals surface area contributed by atoms with Crippen molar-refractivity contribution in [3.63, 3.8) is 0 Å². The number of aromatic nitrogens is 1. The van der Waals surface area contributed by atoms with Crippen LogP contribution in [0, 0.1) is 12.8 Å². The number of nitrogens with zero attached hydrogens (tertiary/aromatic N) is 1. The average Bonchev–Trinajstić information content (AvgIpc) is 3.03. The molecule has 0 radical (unpaired) electrons. The fourth-order valence-corrected chi connectivity index (χ4v) is 3.31. The minimum Gasteiger partial charge on any atom is -0.464 e. The number of H-pyrrole nitrogens is 1. The molecule has 1 saturated heterocycles. The SMILES string of the molecule is CCc1ccc([C@H]2C[C@H](C)CCN2C(=O)c2ccc(C)[nH]c2=O)o1. The van der Waals surface area contributed by atoms with E-state index in [-0.39, 0.29) is 23.1 Å². The number of carbonyl (C=O) groups is 1. The average molecular weight is 328 g/mol. The summed E-state index contributed by atoms with van der Waals surface area (Å²) in [6.07, 6.45) is 2.62. The van der Waals surface area contributed by atoms with Gasteiger partial charge in [-0.15, -0.1) is 0 Å². The summed E-state index contributed by atoms with van der Waals surface area (Å²) < 4.78 is 5.91. The topological polar surface area (TPSA) is 66.3 Å². The maximum atomic E-state index is 13.0. The van der Waals surface area contributed by atoms with Crippen molar-refractivity contribution in [2.75, 3.05) is 6.54 Å². The molecule has 2 aromatic rings. The molecule has 0 bridgehead atoms. The Labute approximate surface area is 141 Å². The number of hydrogen-bond donors (Lipinski definition) is 1. The fourth-order valence-electron chi connectivity index (χ4n) is 3.31. The van der Waals surface area contributed by atoms with Gasteiger partial charge in [-0.25, -0.2) is 0 Å². The Balaban J connectivity index is 1.93. The van der Waals surface area contributed by atoms with Crippen molar-refractivity contribution in [3.8, 4) is 0 Å². The standard InChI is InChI=1S/C19H24N2O3/c1-4-14-6-8-17(24-14)16-11-12(2)9-10-21(16)19(23)15-7-5-13(3)20-18(15)22/h5-8,12,16H,4,9-11H2,1-3H3,(H,20,22)/t12-,16-/m1/s1. The van der Waals surface area contributed by atoms with E-state index < -0.39 is 0 Å². The first-order valence-corrected chi connectivity index (χ1v) is 8.59. The lowest BCUT2D eigenvalue weighted by atomic mass is 9.90. The number of furan rings is 1. The number of carbonyl (C=O) groups excluding carboxylic acids is 1. The Morgan fingerprint density at radius 1 is 1.33 bits per heavy atom. The van der Waals surface area contributed by atoms with Crippen LogP contribution in [0.3, 0.4) is 0 Å². The zero-order chi connectivity index (χ0) is 17.3. The van der Waals surface area contributed by atoms with E-state index in [1.165, 1.54) is 0 Å². The highest BCUT2D eigenvalue weighted by molar-refractivity contribution is 5.94. The van der Waals surface area contributed by atoms with Crippen molar-refractivity contribution in [3.05, 3.63) is 57.4 Å². The van der Waals surface area contributed by atoms with Gasteiger partial charge in [0.1, 0.15) is 17.1 Å². The van der Waals surface area contributed by atoms with Gasteiger partial charge >= 0.3 is 0 Å². The maximum absolute atomic E-state index is 13.0. The monoisotopic (exact) mass is 328 g/mol. The van der Waals surface area contributed by atoms with Crippen LogP contribution in [0.25, 0.3) is 0 Å². The largest absolute Gasteiger partial charge is 0.464 e. The lowest BCUT2D eigenvalue weighted by Crippen LogP contribution is -2.42. The highest BCUT2D eigenvalue weighted by Gasteiger charge is 2.34. The minimum absolute atomic E-state index is 0.109. The second kappa shape index (κ2) is 6.67. The van der Waals surface area contributed by atoms with Crippen LogP contribution in [0.4, 0.5) is 0 Å². The van der Waals surface area contributed by atoms with Gasteiger partial charge in [-0.05, 0) is 49.9 Å². The molecule has 1 N–H and O–H groups in total. The molecule has 1 fully saturated rings. The first kappa shape index (κ1) is 16.6. The van der Waals surface area contributed by atoms with Gasteiger partial charge in [0.15, 0.2) is 0 Å². The van der Waals surface area contributed by atoms with E-state index in [0.29, 0.717) is 12.5 Å². The fraction of sp³-hybridized carbons (Fsp3) is 0.474. The summed E-state index contributed by atoms with van der Waals surface area (Å²) >= 11 is 0. The van der Waals surface area contributed by atoms with E-state index in [1.807, 2.05) is 19.1 Å². The first-order valence-electron chi connectivity index (χ1n) is 8.59. The Hall–Kier alpha value is -2.30. The van der Waals surface area contributed by atoms with E-state index in [1.54, 1.807) is 24.0 Å². The molecule has 5 heteroatoms. The Morgan fingerprint density at radius 3 is 2.79 bits per heavy atom. The normalized spacial score (nSPS) is 21.0. The van der Waals surface area contributed by atoms with Crippen molar-refractivity contribution < 1.29 is 9.21 Å². The summed E-state index contributed by atoms with van der Waals surface area (Å²) in [7, 11) is 0. The number of aryl methyl sites for hydroxylation is 2. The molecular weight excluding hydrogens is 304 g/mol. The zero-order valence-electron chi connectivity index (χ0n) is 14.5. The number of hydrogen-bond acceptors (Lipinski definition) is 3. The quantitative estimate of drug-likeness (QED) is 0.938. The highest BCUT2D eigenvalue weighted by atomic mass is 16.3. The van der Waals surface area contributed by atoms with E-state index in [9.17, 15) is 9.59 Å². The van der Waals surface area contributed by atoms with Gasteiger partial charge in [0.05, 0.1) is 6.04 Å². The van der Waals surface area contributed by atoms with Crippen LogP contribution in [0.5, 0.6) is 0 Å². The smallest absolute Gasteiger partial charge is 0.260 e. The van der Waals surface area contributed by atoms with Crippen LogP contribution >= 0.6 is 0 Å². The van der Waals surface area contributed by atoms with E-state index in [0.717, 1.165) is 36.5 Å². The lowest BCUT2D eigenvalue weighted by Gasteiger charge is -2.37. The third-order valence-electron chi connectivity index (χ3n) is 4.77. The third-order valence-corrected chi connectivity index (χ3v) is 4.77. The predicted molar refractivity (Wildman–Crippen MR) is 92.1 cm³/mol. The highest BCUT2D eigenvalue weighted by Crippen LogP contribution is 2.35. The van der Waals surface area contributed by atoms with Crippen molar-refractivity contribution in [1.29, 1.82) is 0 Å². The molecule has 24 heavy (non-hydrogen) atoms. The summed E-state index contributed by atoms with van der Waals surface area (Å²) in [5, 5.41) is 0. The summed E-state index contributed by atoms with van der Waals surface area (Å²) in [4.78, 5) is 29.6. The molecule has 5 nitrogen and oxygen atoms in total. The molecule has 1 amide bonds. The van der Waals surface area contributed by atoms with Crippen molar-refractivity contribution >= 4 is 5.91 Å². The van der Waals surface area contributed by atoms with Gasteiger partial charge in [0.2, 0.25) is 0 Å². The molecule has 0 aromatic carbocycles. The molecule has 3 heterocycles. The van der Waals surface area contributed by atoms with Gasteiger partial charge in [-0.2, -0.15) is 0 Å². The predicted octanol–water partition coefficient (Wildman–Crippen LogP) is 3.45. The molecule has 128 valence electrons. The van der Waals surface area contributed by atoms with Crippen molar-refractivity contribution in [1.82, 2.24) is 9.88 Å². The molecular formula is C19H24N2O3. The molecule has 3 rings (SSSR count). The molecule has 0 saturated carbocycles. The van der Waals surface area contributed by atoms with Gasteiger partial charge in [0, 0.05) is 18.7 Å². The van der Waals surface area contributed by atoms with Crippen molar-refractivity contribution in [2.24, 2.45) is 5.92 Å². The van der Waals surface area contributed by atoms with Gasteiger partial charge in [-0.1, -0.05) is 13.8 Å². The van der Waals surface area contributed by atoms with Gasteiger partial charge in [0.25, 0.3) is 11.5 Å². The molecule has 2 aromatic heterocycles. The number of nitrogens with one attached hydrogen (secondary N) is 1. The third kappa shape index (κ3) is 3.16. The molecule has 1 aliphatic rings. The summed E-state index contributed by atoms with van der Waals surface area (Å²) in [6.45, 7) is 6.67. The number of aromatic amines is 1. The molecule has 0 unspecified atom stereocenters. The van der Waals surface area contributed by atoms with Crippen LogP contribution in [0.1, 0.15) is 60.3 Å².